The van der Waals surface area contributed by atoms with E-state index in [0.29, 0.717) is 48.3 Å². The number of anilines is 2. The van der Waals surface area contributed by atoms with E-state index in [4.69, 9.17) is 21.3 Å². The largest absolute Gasteiger partial charge is 0.573 e. The van der Waals surface area contributed by atoms with E-state index in [1.807, 2.05) is 29.2 Å². The predicted octanol–water partition coefficient (Wildman–Crippen LogP) is 5.59. The molecular formula is C23H22ClF3N4O2. The Bertz CT molecular complexity index is 1140. The van der Waals surface area contributed by atoms with Gasteiger partial charge in [0.15, 0.2) is 0 Å². The number of rotatable bonds is 7. The summed E-state index contributed by atoms with van der Waals surface area (Å²) >= 11 is 6.36. The molecule has 0 radical (unpaired) electrons. The number of hydrogen-bond acceptors (Lipinski definition) is 6. The van der Waals surface area contributed by atoms with Gasteiger partial charge in [0.25, 0.3) is 0 Å². The summed E-state index contributed by atoms with van der Waals surface area (Å²) in [7, 11) is 0. The maximum absolute atomic E-state index is 12.7. The molecule has 4 rings (SSSR count). The first-order valence-electron chi connectivity index (χ1n) is 10.3. The number of nitrogens with zero attached hydrogens (tertiary/aromatic N) is 4. The Morgan fingerprint density at radius 3 is 2.67 bits per heavy atom. The third-order valence-corrected chi connectivity index (χ3v) is 5.62. The van der Waals surface area contributed by atoms with Gasteiger partial charge < -0.3 is 14.4 Å². The number of fused-ring (bicyclic) bond motifs is 1. The summed E-state index contributed by atoms with van der Waals surface area (Å²) in [5.74, 6) is 0.231. The third-order valence-electron chi connectivity index (χ3n) is 5.32. The van der Waals surface area contributed by atoms with Crippen molar-refractivity contribution in [1.29, 1.82) is 0 Å². The molecule has 0 N–H and O–H groups in total. The highest BCUT2D eigenvalue weighted by Gasteiger charge is 2.31. The van der Waals surface area contributed by atoms with Gasteiger partial charge in [-0.2, -0.15) is 0 Å². The second-order valence-corrected chi connectivity index (χ2v) is 7.85. The molecule has 1 saturated heterocycles. The van der Waals surface area contributed by atoms with E-state index >= 15 is 0 Å². The lowest BCUT2D eigenvalue weighted by Crippen LogP contribution is -2.40. The zero-order valence-corrected chi connectivity index (χ0v) is 18.4. The molecule has 1 aliphatic heterocycles. The molecule has 2 heterocycles. The van der Waals surface area contributed by atoms with Crippen LogP contribution in [-0.4, -0.2) is 62.4 Å². The van der Waals surface area contributed by atoms with Gasteiger partial charge in [-0.15, -0.1) is 13.2 Å². The van der Waals surface area contributed by atoms with E-state index in [1.54, 1.807) is 6.07 Å². The summed E-state index contributed by atoms with van der Waals surface area (Å²) in [5, 5.41) is 1.40. The summed E-state index contributed by atoms with van der Waals surface area (Å²) in [5.41, 5.74) is 1.45. The normalized spacial score (nSPS) is 14.9. The van der Waals surface area contributed by atoms with Gasteiger partial charge >= 0.3 is 6.36 Å². The Kier molecular flexibility index (Phi) is 7.02. The van der Waals surface area contributed by atoms with Crippen molar-refractivity contribution in [2.45, 2.75) is 6.36 Å². The Balaban J connectivity index is 1.72. The lowest BCUT2D eigenvalue weighted by atomic mass is 10.2. The van der Waals surface area contributed by atoms with E-state index in [9.17, 15) is 13.2 Å². The van der Waals surface area contributed by atoms with Crippen LogP contribution in [0, 0.1) is 0 Å². The Morgan fingerprint density at radius 1 is 1.15 bits per heavy atom. The number of hydrogen-bond donors (Lipinski definition) is 0. The lowest BCUT2D eigenvalue weighted by molar-refractivity contribution is -0.274. The molecule has 0 spiro atoms. The number of ether oxygens (including phenoxy) is 2. The minimum atomic E-state index is -4.80. The number of aromatic nitrogens is 1. The summed E-state index contributed by atoms with van der Waals surface area (Å²) in [6, 6.07) is 13.3. The smallest absolute Gasteiger partial charge is 0.406 e. The minimum Gasteiger partial charge on any atom is -0.406 e. The van der Waals surface area contributed by atoms with Crippen LogP contribution in [0.1, 0.15) is 0 Å². The summed E-state index contributed by atoms with van der Waals surface area (Å²) < 4.78 is 47.6. The average molecular weight is 479 g/mol. The Morgan fingerprint density at radius 2 is 1.94 bits per heavy atom. The molecule has 33 heavy (non-hydrogen) atoms. The third kappa shape index (κ3) is 5.73. The zero-order chi connectivity index (χ0) is 23.4. The van der Waals surface area contributed by atoms with E-state index in [1.165, 1.54) is 18.2 Å². The van der Waals surface area contributed by atoms with Crippen LogP contribution in [0.5, 0.6) is 5.75 Å². The molecule has 0 aliphatic carbocycles. The number of aliphatic imine (C=N–C) groups is 1. The molecule has 0 amide bonds. The SMILES string of the molecule is C=Nc1cc(OC(F)(F)F)ccc1N(CCN1CCOCC1)c1ccc2cccc(Cl)c2n1. The zero-order valence-electron chi connectivity index (χ0n) is 17.7. The number of alkyl halides is 3. The fraction of sp³-hybridized carbons (Fsp3) is 0.304. The molecule has 2 aromatic carbocycles. The maximum Gasteiger partial charge on any atom is 0.573 e. The molecule has 0 unspecified atom stereocenters. The molecule has 1 aromatic heterocycles. The van der Waals surface area contributed by atoms with Crippen LogP contribution in [0.2, 0.25) is 5.02 Å². The molecule has 3 aromatic rings. The highest BCUT2D eigenvalue weighted by molar-refractivity contribution is 6.35. The summed E-state index contributed by atoms with van der Waals surface area (Å²) in [6.45, 7) is 7.68. The second-order valence-electron chi connectivity index (χ2n) is 7.44. The highest BCUT2D eigenvalue weighted by atomic mass is 35.5. The van der Waals surface area contributed by atoms with Gasteiger partial charge in [-0.3, -0.25) is 9.89 Å². The van der Waals surface area contributed by atoms with Crippen LogP contribution in [0.25, 0.3) is 10.9 Å². The summed E-state index contributed by atoms with van der Waals surface area (Å²) in [6.07, 6.45) is -4.80. The van der Waals surface area contributed by atoms with Crippen molar-refractivity contribution in [3.05, 3.63) is 53.6 Å². The second kappa shape index (κ2) is 9.94. The van der Waals surface area contributed by atoms with E-state index in [-0.39, 0.29) is 11.4 Å². The minimum absolute atomic E-state index is 0.250. The van der Waals surface area contributed by atoms with Gasteiger partial charge in [0.1, 0.15) is 11.6 Å². The van der Waals surface area contributed by atoms with Crippen molar-refractivity contribution in [2.24, 2.45) is 4.99 Å². The van der Waals surface area contributed by atoms with Crippen molar-refractivity contribution in [1.82, 2.24) is 9.88 Å². The standard InChI is InChI=1S/C23H22ClF3N4O2/c1-28-19-15-17(33-23(25,26)27)6-7-20(19)31(10-9-30-11-13-32-14-12-30)21-8-5-16-3-2-4-18(24)22(16)29-21/h2-8,15H,1,9-14H2. The molecule has 0 atom stereocenters. The lowest BCUT2D eigenvalue weighted by Gasteiger charge is -2.31. The fourth-order valence-electron chi connectivity index (χ4n) is 3.73. The first-order chi connectivity index (χ1) is 15.8. The van der Waals surface area contributed by atoms with E-state index in [0.717, 1.165) is 18.5 Å². The van der Waals surface area contributed by atoms with Crippen LogP contribution in [0.3, 0.4) is 0 Å². The highest BCUT2D eigenvalue weighted by Crippen LogP contribution is 2.38. The molecular weight excluding hydrogens is 457 g/mol. The molecule has 10 heteroatoms. The van der Waals surface area contributed by atoms with Crippen molar-refractivity contribution in [3.63, 3.8) is 0 Å². The van der Waals surface area contributed by atoms with E-state index in [2.05, 4.69) is 21.3 Å². The fourth-order valence-corrected chi connectivity index (χ4v) is 3.95. The number of morpholine rings is 1. The number of halogens is 4. The number of para-hydroxylation sites is 1. The molecule has 0 bridgehead atoms. The monoisotopic (exact) mass is 478 g/mol. The molecule has 6 nitrogen and oxygen atoms in total. The van der Waals surface area contributed by atoms with Gasteiger partial charge in [-0.25, -0.2) is 4.98 Å². The van der Waals surface area contributed by atoms with Gasteiger partial charge in [0.2, 0.25) is 0 Å². The van der Waals surface area contributed by atoms with Crippen LogP contribution >= 0.6 is 11.6 Å². The van der Waals surface area contributed by atoms with Crippen LogP contribution in [0.15, 0.2) is 53.5 Å². The first kappa shape index (κ1) is 23.3. The maximum atomic E-state index is 12.7. The number of pyridine rings is 1. The first-order valence-corrected chi connectivity index (χ1v) is 10.7. The van der Waals surface area contributed by atoms with Crippen molar-refractivity contribution >= 4 is 46.4 Å². The molecule has 0 saturated carbocycles. The van der Waals surface area contributed by atoms with Crippen molar-refractivity contribution < 1.29 is 22.6 Å². The van der Waals surface area contributed by atoms with Crippen LogP contribution in [-0.2, 0) is 4.74 Å². The topological polar surface area (TPSA) is 50.2 Å². The Labute approximate surface area is 194 Å². The Hall–Kier alpha value is -2.88. The molecule has 1 aliphatic rings. The predicted molar refractivity (Wildman–Crippen MR) is 123 cm³/mol. The average Bonchev–Trinajstić information content (AvgIpc) is 2.80. The van der Waals surface area contributed by atoms with Crippen LogP contribution in [0.4, 0.5) is 30.4 Å². The quantitative estimate of drug-likeness (QED) is 0.414. The van der Waals surface area contributed by atoms with Gasteiger partial charge in [0, 0.05) is 37.6 Å². The van der Waals surface area contributed by atoms with Crippen LogP contribution < -0.4 is 9.64 Å². The van der Waals surface area contributed by atoms with Gasteiger partial charge in [-0.05, 0) is 37.0 Å². The summed E-state index contributed by atoms with van der Waals surface area (Å²) in [4.78, 5) is 12.9. The number of benzene rings is 2. The van der Waals surface area contributed by atoms with Gasteiger partial charge in [-0.1, -0.05) is 23.7 Å². The van der Waals surface area contributed by atoms with Crippen molar-refractivity contribution in [2.75, 3.05) is 44.3 Å². The van der Waals surface area contributed by atoms with E-state index < -0.39 is 6.36 Å². The molecule has 1 fully saturated rings. The van der Waals surface area contributed by atoms with Gasteiger partial charge in [0.05, 0.1) is 35.1 Å². The molecule has 174 valence electrons. The van der Waals surface area contributed by atoms with Crippen molar-refractivity contribution in [3.8, 4) is 5.75 Å².